The van der Waals surface area contributed by atoms with Crippen molar-refractivity contribution in [3.8, 4) is 0 Å². The predicted molar refractivity (Wildman–Crippen MR) is 58.7 cm³/mol. The molecular weight excluding hydrogens is 188 g/mol. The van der Waals surface area contributed by atoms with E-state index in [0.29, 0.717) is 0 Å². The third-order valence-electron chi connectivity index (χ3n) is 3.03. The smallest absolute Gasteiger partial charge is 0.104 e. The van der Waals surface area contributed by atoms with Gasteiger partial charge in [-0.05, 0) is 37.5 Å². The molecule has 1 aliphatic carbocycles. The lowest BCUT2D eigenvalue weighted by Crippen LogP contribution is -2.10. The van der Waals surface area contributed by atoms with E-state index in [1.54, 1.807) is 0 Å². The summed E-state index contributed by atoms with van der Waals surface area (Å²) >= 11 is 0. The number of aliphatic hydroxyl groups is 1. The molecule has 3 nitrogen and oxygen atoms in total. The van der Waals surface area contributed by atoms with Crippen molar-refractivity contribution in [2.45, 2.75) is 31.8 Å². The molecular formula is C12H14N2O. The Balaban J connectivity index is 1.98. The Morgan fingerprint density at radius 3 is 3.00 bits per heavy atom. The van der Waals surface area contributed by atoms with Gasteiger partial charge < -0.3 is 10.1 Å². The van der Waals surface area contributed by atoms with Gasteiger partial charge in [-0.2, -0.15) is 0 Å². The van der Waals surface area contributed by atoms with E-state index < -0.39 is 5.60 Å². The number of nitrogens with one attached hydrogen (secondary N) is 1. The molecule has 1 saturated carbocycles. The van der Waals surface area contributed by atoms with E-state index >= 15 is 0 Å². The van der Waals surface area contributed by atoms with Crippen molar-refractivity contribution in [2.24, 2.45) is 0 Å². The van der Waals surface area contributed by atoms with Crippen LogP contribution in [-0.4, -0.2) is 20.7 Å². The molecule has 0 atom stereocenters. The van der Waals surface area contributed by atoms with Crippen molar-refractivity contribution < 1.29 is 5.11 Å². The van der Waals surface area contributed by atoms with Gasteiger partial charge in [-0.25, -0.2) is 4.98 Å². The molecule has 1 aromatic carbocycles. The Bertz CT molecular complexity index is 511. The Kier molecular flexibility index (Phi) is 1.68. The summed E-state index contributed by atoms with van der Waals surface area (Å²) in [5.41, 5.74) is 2.84. The number of rotatable bonds is 2. The average Bonchev–Trinajstić information content (AvgIpc) is 2.76. The number of aryl methyl sites for hydroxylation is 1. The van der Waals surface area contributed by atoms with E-state index in [1.807, 2.05) is 13.0 Å². The third-order valence-corrected chi connectivity index (χ3v) is 3.03. The van der Waals surface area contributed by atoms with E-state index in [1.165, 1.54) is 5.56 Å². The Morgan fingerprint density at radius 2 is 2.27 bits per heavy atom. The van der Waals surface area contributed by atoms with Gasteiger partial charge in [-0.15, -0.1) is 0 Å². The van der Waals surface area contributed by atoms with Crippen LogP contribution in [0.4, 0.5) is 0 Å². The number of hydrogen-bond acceptors (Lipinski definition) is 2. The molecule has 0 amide bonds. The zero-order chi connectivity index (χ0) is 10.5. The number of nitrogens with zero attached hydrogens (tertiary/aromatic N) is 1. The maximum atomic E-state index is 9.83. The maximum absolute atomic E-state index is 9.83. The van der Waals surface area contributed by atoms with Crippen molar-refractivity contribution >= 4 is 11.0 Å². The third kappa shape index (κ3) is 1.63. The van der Waals surface area contributed by atoms with Crippen LogP contribution in [0.15, 0.2) is 18.2 Å². The Hall–Kier alpha value is -1.35. The highest BCUT2D eigenvalue weighted by Crippen LogP contribution is 2.38. The van der Waals surface area contributed by atoms with Crippen molar-refractivity contribution in [3.05, 3.63) is 29.6 Å². The van der Waals surface area contributed by atoms with E-state index in [2.05, 4.69) is 22.1 Å². The molecule has 0 bridgehead atoms. The summed E-state index contributed by atoms with van der Waals surface area (Å²) < 4.78 is 0. The van der Waals surface area contributed by atoms with Crippen LogP contribution >= 0.6 is 0 Å². The summed E-state index contributed by atoms with van der Waals surface area (Å²) in [6.45, 7) is 1.95. The largest absolute Gasteiger partial charge is 0.390 e. The van der Waals surface area contributed by atoms with Gasteiger partial charge in [0.2, 0.25) is 0 Å². The van der Waals surface area contributed by atoms with Crippen LogP contribution in [0.3, 0.4) is 0 Å². The lowest BCUT2D eigenvalue weighted by atomic mass is 10.1. The zero-order valence-electron chi connectivity index (χ0n) is 8.75. The fourth-order valence-electron chi connectivity index (χ4n) is 2.00. The lowest BCUT2D eigenvalue weighted by Gasteiger charge is -2.06. The Labute approximate surface area is 88.2 Å². The minimum absolute atomic E-state index is 0.414. The van der Waals surface area contributed by atoms with Gasteiger partial charge in [0.1, 0.15) is 5.82 Å². The first-order chi connectivity index (χ1) is 7.15. The molecule has 0 radical (unpaired) electrons. The highest BCUT2D eigenvalue weighted by atomic mass is 16.3. The van der Waals surface area contributed by atoms with Crippen molar-refractivity contribution in [3.63, 3.8) is 0 Å². The van der Waals surface area contributed by atoms with E-state index in [-0.39, 0.29) is 0 Å². The highest BCUT2D eigenvalue weighted by Gasteiger charge is 2.40. The highest BCUT2D eigenvalue weighted by molar-refractivity contribution is 5.75. The Morgan fingerprint density at radius 1 is 1.47 bits per heavy atom. The summed E-state index contributed by atoms with van der Waals surface area (Å²) in [5, 5.41) is 9.83. The van der Waals surface area contributed by atoms with Crippen LogP contribution in [0, 0.1) is 6.92 Å². The maximum Gasteiger partial charge on any atom is 0.104 e. The van der Waals surface area contributed by atoms with Crippen LogP contribution < -0.4 is 0 Å². The fraction of sp³-hybridized carbons (Fsp3) is 0.417. The number of H-pyrrole nitrogens is 1. The van der Waals surface area contributed by atoms with Crippen molar-refractivity contribution in [2.75, 3.05) is 0 Å². The number of aromatic amines is 1. The molecule has 3 rings (SSSR count). The molecule has 15 heavy (non-hydrogen) atoms. The molecule has 3 heteroatoms. The molecule has 78 valence electrons. The van der Waals surface area contributed by atoms with Gasteiger partial charge in [0.05, 0.1) is 16.6 Å². The predicted octanol–water partition coefficient (Wildman–Crippen LogP) is 1.94. The molecule has 0 unspecified atom stereocenters. The number of fused-ring (bicyclic) bond motifs is 1. The minimum Gasteiger partial charge on any atom is -0.390 e. The first-order valence-corrected chi connectivity index (χ1v) is 5.32. The number of hydrogen-bond donors (Lipinski definition) is 2. The van der Waals surface area contributed by atoms with Crippen LogP contribution in [0.2, 0.25) is 0 Å². The molecule has 0 aliphatic heterocycles. The number of aromatic nitrogens is 2. The zero-order valence-corrected chi connectivity index (χ0v) is 8.75. The summed E-state index contributed by atoms with van der Waals surface area (Å²) in [6.07, 6.45) is 2.64. The summed E-state index contributed by atoms with van der Waals surface area (Å²) in [4.78, 5) is 7.56. The van der Waals surface area contributed by atoms with Gasteiger partial charge in [-0.1, -0.05) is 6.07 Å². The monoisotopic (exact) mass is 202 g/mol. The molecule has 1 aromatic heterocycles. The van der Waals surface area contributed by atoms with Crippen LogP contribution in [0.25, 0.3) is 11.0 Å². The second kappa shape index (κ2) is 2.83. The van der Waals surface area contributed by atoms with E-state index in [0.717, 1.165) is 36.1 Å². The number of benzene rings is 1. The molecule has 1 aliphatic rings. The standard InChI is InChI=1S/C12H14N2O/c1-8-13-10-3-2-9(6-11(10)14-8)7-12(15)4-5-12/h2-3,6,15H,4-5,7H2,1H3,(H,13,14). The van der Waals surface area contributed by atoms with Gasteiger partial charge >= 0.3 is 0 Å². The summed E-state index contributed by atoms with van der Waals surface area (Å²) in [7, 11) is 0. The quantitative estimate of drug-likeness (QED) is 0.781. The topological polar surface area (TPSA) is 48.9 Å². The second-order valence-electron chi connectivity index (χ2n) is 4.57. The number of imidazole rings is 1. The fourth-order valence-corrected chi connectivity index (χ4v) is 2.00. The van der Waals surface area contributed by atoms with Crippen LogP contribution in [0.1, 0.15) is 24.2 Å². The minimum atomic E-state index is -0.414. The normalized spacial score (nSPS) is 18.3. The van der Waals surface area contributed by atoms with Crippen molar-refractivity contribution in [1.82, 2.24) is 9.97 Å². The van der Waals surface area contributed by atoms with E-state index in [4.69, 9.17) is 0 Å². The molecule has 0 saturated heterocycles. The molecule has 1 heterocycles. The second-order valence-corrected chi connectivity index (χ2v) is 4.57. The summed E-state index contributed by atoms with van der Waals surface area (Å²) in [5.74, 6) is 0.937. The molecule has 0 spiro atoms. The summed E-state index contributed by atoms with van der Waals surface area (Å²) in [6, 6.07) is 6.16. The molecule has 2 N–H and O–H groups in total. The van der Waals surface area contributed by atoms with Gasteiger partial charge in [0, 0.05) is 6.42 Å². The van der Waals surface area contributed by atoms with Crippen LogP contribution in [0.5, 0.6) is 0 Å². The first kappa shape index (κ1) is 8.92. The SMILES string of the molecule is Cc1nc2ccc(CC3(O)CC3)cc2[nH]1. The molecule has 1 fully saturated rings. The van der Waals surface area contributed by atoms with Gasteiger partial charge in [-0.3, -0.25) is 0 Å². The van der Waals surface area contributed by atoms with Crippen LogP contribution in [-0.2, 0) is 6.42 Å². The molecule has 2 aromatic rings. The lowest BCUT2D eigenvalue weighted by molar-refractivity contribution is 0.151. The van der Waals surface area contributed by atoms with E-state index in [9.17, 15) is 5.11 Å². The van der Waals surface area contributed by atoms with Gasteiger partial charge in [0.15, 0.2) is 0 Å². The van der Waals surface area contributed by atoms with Crippen molar-refractivity contribution in [1.29, 1.82) is 0 Å². The average molecular weight is 202 g/mol. The first-order valence-electron chi connectivity index (χ1n) is 5.32. The van der Waals surface area contributed by atoms with Gasteiger partial charge in [0.25, 0.3) is 0 Å².